The second-order valence-corrected chi connectivity index (χ2v) is 7.23. The highest BCUT2D eigenvalue weighted by molar-refractivity contribution is 7.89. The van der Waals surface area contributed by atoms with Crippen LogP contribution in [0.2, 0.25) is 0 Å². The number of sulfonamides is 1. The van der Waals surface area contributed by atoms with E-state index in [1.165, 1.54) is 12.8 Å². The van der Waals surface area contributed by atoms with Crippen LogP contribution in [0.5, 0.6) is 5.75 Å². The van der Waals surface area contributed by atoms with Crippen molar-refractivity contribution in [2.75, 3.05) is 5.75 Å². The Hall–Kier alpha value is -1.07. The monoisotopic (exact) mass is 297 g/mol. The summed E-state index contributed by atoms with van der Waals surface area (Å²) < 4.78 is 31.6. The molecule has 2 rings (SSSR count). The van der Waals surface area contributed by atoms with Crippen LogP contribution in [0.1, 0.15) is 44.6 Å². The van der Waals surface area contributed by atoms with Gasteiger partial charge in [-0.1, -0.05) is 19.1 Å². The fourth-order valence-electron chi connectivity index (χ4n) is 2.42. The molecule has 0 atom stereocenters. The predicted molar refractivity (Wildman–Crippen MR) is 80.2 cm³/mol. The van der Waals surface area contributed by atoms with Gasteiger partial charge in [0.25, 0.3) is 0 Å². The van der Waals surface area contributed by atoms with E-state index >= 15 is 0 Å². The van der Waals surface area contributed by atoms with E-state index in [0.29, 0.717) is 19.1 Å². The van der Waals surface area contributed by atoms with Crippen molar-refractivity contribution in [3.05, 3.63) is 29.8 Å². The topological polar surface area (TPSA) is 55.4 Å². The maximum Gasteiger partial charge on any atom is 0.211 e. The maximum atomic E-state index is 11.6. The summed E-state index contributed by atoms with van der Waals surface area (Å²) in [6.07, 6.45) is 5.76. The van der Waals surface area contributed by atoms with Crippen LogP contribution in [0.4, 0.5) is 0 Å². The fourth-order valence-corrected chi connectivity index (χ4v) is 3.49. The van der Waals surface area contributed by atoms with Crippen LogP contribution in [-0.2, 0) is 16.6 Å². The molecular formula is C15H23NO3S. The van der Waals surface area contributed by atoms with E-state index in [-0.39, 0.29) is 5.75 Å². The highest BCUT2D eigenvalue weighted by Gasteiger charge is 2.16. The van der Waals surface area contributed by atoms with Crippen LogP contribution >= 0.6 is 0 Å². The molecule has 1 saturated carbocycles. The minimum atomic E-state index is -3.14. The van der Waals surface area contributed by atoms with Crippen LogP contribution in [0.15, 0.2) is 24.3 Å². The summed E-state index contributed by atoms with van der Waals surface area (Å²) in [4.78, 5) is 0. The van der Waals surface area contributed by atoms with Crippen LogP contribution in [-0.4, -0.2) is 20.3 Å². The molecular weight excluding hydrogens is 274 g/mol. The van der Waals surface area contributed by atoms with Gasteiger partial charge in [-0.3, -0.25) is 0 Å². The number of hydrogen-bond acceptors (Lipinski definition) is 3. The first kappa shape index (κ1) is 15.3. The lowest BCUT2D eigenvalue weighted by molar-refractivity contribution is 0.210. The molecule has 0 spiro atoms. The van der Waals surface area contributed by atoms with Gasteiger partial charge in [-0.15, -0.1) is 0 Å². The zero-order chi connectivity index (χ0) is 14.4. The third-order valence-corrected chi connectivity index (χ3v) is 5.03. The molecule has 5 heteroatoms. The van der Waals surface area contributed by atoms with Crippen molar-refractivity contribution < 1.29 is 13.2 Å². The van der Waals surface area contributed by atoms with Gasteiger partial charge in [-0.25, -0.2) is 13.1 Å². The van der Waals surface area contributed by atoms with E-state index in [1.807, 2.05) is 31.2 Å². The highest BCUT2D eigenvalue weighted by Crippen LogP contribution is 2.24. The Kier molecular flexibility index (Phi) is 5.43. The standard InChI is InChI=1S/C15H23NO3S/c1-2-11-20(17,18)16-12-13-7-9-15(10-8-13)19-14-5-3-4-6-14/h7-10,14,16H,2-6,11-12H2,1H3. The van der Waals surface area contributed by atoms with E-state index in [2.05, 4.69) is 4.72 Å². The zero-order valence-corrected chi connectivity index (χ0v) is 12.8. The van der Waals surface area contributed by atoms with Crippen molar-refractivity contribution in [2.45, 2.75) is 51.7 Å². The summed E-state index contributed by atoms with van der Waals surface area (Å²) in [6.45, 7) is 2.19. The highest BCUT2D eigenvalue weighted by atomic mass is 32.2. The van der Waals surface area contributed by atoms with Crippen molar-refractivity contribution in [2.24, 2.45) is 0 Å². The Bertz CT molecular complexity index is 504. The Morgan fingerprint density at radius 3 is 2.45 bits per heavy atom. The van der Waals surface area contributed by atoms with Crippen molar-refractivity contribution >= 4 is 10.0 Å². The molecule has 0 aliphatic heterocycles. The normalized spacial score (nSPS) is 16.4. The third-order valence-electron chi connectivity index (χ3n) is 3.50. The van der Waals surface area contributed by atoms with Crippen molar-refractivity contribution in [1.29, 1.82) is 0 Å². The van der Waals surface area contributed by atoms with Gasteiger partial charge in [0, 0.05) is 6.54 Å². The first-order valence-corrected chi connectivity index (χ1v) is 8.97. The predicted octanol–water partition coefficient (Wildman–Crippen LogP) is 2.84. The zero-order valence-electron chi connectivity index (χ0n) is 12.0. The molecule has 0 radical (unpaired) electrons. The van der Waals surface area contributed by atoms with Crippen molar-refractivity contribution in [3.63, 3.8) is 0 Å². The van der Waals surface area contributed by atoms with E-state index < -0.39 is 10.0 Å². The molecule has 1 aromatic carbocycles. The molecule has 0 amide bonds. The van der Waals surface area contributed by atoms with E-state index in [9.17, 15) is 8.42 Å². The molecule has 0 saturated heterocycles. The minimum Gasteiger partial charge on any atom is -0.490 e. The van der Waals surface area contributed by atoms with E-state index in [0.717, 1.165) is 24.2 Å². The maximum absolute atomic E-state index is 11.6. The molecule has 0 unspecified atom stereocenters. The molecule has 20 heavy (non-hydrogen) atoms. The van der Waals surface area contributed by atoms with Gasteiger partial charge in [0.05, 0.1) is 11.9 Å². The summed E-state index contributed by atoms with van der Waals surface area (Å²) >= 11 is 0. The van der Waals surface area contributed by atoms with Crippen LogP contribution in [0.3, 0.4) is 0 Å². The van der Waals surface area contributed by atoms with E-state index in [4.69, 9.17) is 4.74 Å². The quantitative estimate of drug-likeness (QED) is 0.842. The van der Waals surface area contributed by atoms with Gasteiger partial charge in [0.2, 0.25) is 10.0 Å². The number of rotatable bonds is 7. The minimum absolute atomic E-state index is 0.176. The van der Waals surface area contributed by atoms with Gasteiger partial charge >= 0.3 is 0 Å². The summed E-state index contributed by atoms with van der Waals surface area (Å²) in [5, 5.41) is 0. The van der Waals surface area contributed by atoms with Gasteiger partial charge in [-0.05, 0) is 49.8 Å². The molecule has 1 N–H and O–H groups in total. The average Bonchev–Trinajstić information content (AvgIpc) is 2.91. The molecule has 4 nitrogen and oxygen atoms in total. The molecule has 0 bridgehead atoms. The lowest BCUT2D eigenvalue weighted by atomic mass is 10.2. The van der Waals surface area contributed by atoms with Crippen LogP contribution in [0.25, 0.3) is 0 Å². The average molecular weight is 297 g/mol. The first-order chi connectivity index (χ1) is 9.59. The number of benzene rings is 1. The summed E-state index contributed by atoms with van der Waals surface area (Å²) in [5.74, 6) is 1.05. The van der Waals surface area contributed by atoms with Gasteiger partial charge in [0.1, 0.15) is 5.75 Å². The Labute approximate surface area is 121 Å². The lowest BCUT2D eigenvalue weighted by Gasteiger charge is -2.13. The Morgan fingerprint density at radius 1 is 1.20 bits per heavy atom. The van der Waals surface area contributed by atoms with Crippen molar-refractivity contribution in [3.8, 4) is 5.75 Å². The SMILES string of the molecule is CCCS(=O)(=O)NCc1ccc(OC2CCCC2)cc1. The van der Waals surface area contributed by atoms with E-state index in [1.54, 1.807) is 0 Å². The van der Waals surface area contributed by atoms with Crippen LogP contribution in [0, 0.1) is 0 Å². The lowest BCUT2D eigenvalue weighted by Crippen LogP contribution is -2.25. The molecule has 1 aliphatic rings. The summed E-state index contributed by atoms with van der Waals surface area (Å²) in [6, 6.07) is 7.67. The summed E-state index contributed by atoms with van der Waals surface area (Å²) in [7, 11) is -3.14. The molecule has 1 aromatic rings. The first-order valence-electron chi connectivity index (χ1n) is 7.32. The van der Waals surface area contributed by atoms with Crippen LogP contribution < -0.4 is 9.46 Å². The summed E-state index contributed by atoms with van der Waals surface area (Å²) in [5.41, 5.74) is 0.948. The largest absolute Gasteiger partial charge is 0.490 e. The van der Waals surface area contributed by atoms with Gasteiger partial charge < -0.3 is 4.74 Å². The second-order valence-electron chi connectivity index (χ2n) is 5.31. The fraction of sp³-hybridized carbons (Fsp3) is 0.600. The smallest absolute Gasteiger partial charge is 0.211 e. The number of ether oxygens (including phenoxy) is 1. The number of hydrogen-bond donors (Lipinski definition) is 1. The molecule has 0 heterocycles. The Morgan fingerprint density at radius 2 is 1.85 bits per heavy atom. The molecule has 1 fully saturated rings. The molecule has 1 aliphatic carbocycles. The van der Waals surface area contributed by atoms with Gasteiger partial charge in [0.15, 0.2) is 0 Å². The van der Waals surface area contributed by atoms with Gasteiger partial charge in [-0.2, -0.15) is 0 Å². The number of nitrogens with one attached hydrogen (secondary N) is 1. The molecule has 112 valence electrons. The molecule has 0 aromatic heterocycles. The Balaban J connectivity index is 1.85. The van der Waals surface area contributed by atoms with Crippen molar-refractivity contribution in [1.82, 2.24) is 4.72 Å². The third kappa shape index (κ3) is 4.80. The second kappa shape index (κ2) is 7.09.